The molecule has 9 heteroatoms. The zero-order chi connectivity index (χ0) is 22.0. The summed E-state index contributed by atoms with van der Waals surface area (Å²) in [7, 11) is 1.56. The van der Waals surface area contributed by atoms with Crippen LogP contribution in [0.3, 0.4) is 0 Å². The maximum atomic E-state index is 13.1. The molecule has 0 unspecified atom stereocenters. The quantitative estimate of drug-likeness (QED) is 0.583. The summed E-state index contributed by atoms with van der Waals surface area (Å²) in [6, 6.07) is 7.25. The summed E-state index contributed by atoms with van der Waals surface area (Å²) in [6.45, 7) is 6.81. The number of carbonyl (C=O) groups is 1. The van der Waals surface area contributed by atoms with Gasteiger partial charge in [0.05, 0.1) is 12.7 Å². The highest BCUT2D eigenvalue weighted by molar-refractivity contribution is 6.31. The molecule has 0 bridgehead atoms. The Morgan fingerprint density at radius 1 is 1.13 bits per heavy atom. The number of piperazine rings is 1. The molecular formula is C22H27ClN6O2. The smallest absolute Gasteiger partial charge is 0.257 e. The van der Waals surface area contributed by atoms with Crippen molar-refractivity contribution in [3.05, 3.63) is 46.4 Å². The summed E-state index contributed by atoms with van der Waals surface area (Å²) in [4.78, 5) is 21.9. The van der Waals surface area contributed by atoms with Crippen LogP contribution < -0.4 is 9.64 Å². The van der Waals surface area contributed by atoms with Crippen LogP contribution in [0, 0.1) is 0 Å². The van der Waals surface area contributed by atoms with Gasteiger partial charge in [0.1, 0.15) is 17.4 Å². The van der Waals surface area contributed by atoms with Crippen molar-refractivity contribution in [3.8, 4) is 5.75 Å². The minimum atomic E-state index is -0.0703. The van der Waals surface area contributed by atoms with Gasteiger partial charge in [0.2, 0.25) is 0 Å². The van der Waals surface area contributed by atoms with Crippen molar-refractivity contribution in [1.29, 1.82) is 0 Å². The predicted molar refractivity (Wildman–Crippen MR) is 120 cm³/mol. The molecule has 0 radical (unpaired) electrons. The lowest BCUT2D eigenvalue weighted by Crippen LogP contribution is -2.49. The van der Waals surface area contributed by atoms with Gasteiger partial charge in [-0.1, -0.05) is 31.9 Å². The number of ether oxygens (including phenoxy) is 1. The molecule has 1 aromatic carbocycles. The van der Waals surface area contributed by atoms with Crippen molar-refractivity contribution in [1.82, 2.24) is 24.5 Å². The summed E-state index contributed by atoms with van der Waals surface area (Å²) >= 11 is 6.10. The molecule has 31 heavy (non-hydrogen) atoms. The highest BCUT2D eigenvalue weighted by Gasteiger charge is 2.26. The van der Waals surface area contributed by atoms with Gasteiger partial charge >= 0.3 is 0 Å². The molecule has 0 aliphatic carbocycles. The standard InChI is InChI=1S/C22H27ClN6O2/c1-4-6-16-14-20(24-22-26-25-19(5-2)29(16)22)27-9-11-28(12-10-27)21(30)17-13-15(23)7-8-18(17)31-3/h7-8,13-14H,4-6,9-12H2,1-3H3. The average Bonchev–Trinajstić information content (AvgIpc) is 3.22. The number of benzene rings is 1. The number of aryl methyl sites for hydroxylation is 2. The molecule has 1 amide bonds. The lowest BCUT2D eigenvalue weighted by Gasteiger charge is -2.35. The van der Waals surface area contributed by atoms with E-state index < -0.39 is 0 Å². The maximum absolute atomic E-state index is 13.1. The van der Waals surface area contributed by atoms with Gasteiger partial charge in [-0.3, -0.25) is 9.20 Å². The summed E-state index contributed by atoms with van der Waals surface area (Å²) in [5.74, 6) is 2.92. The number of fused-ring (bicyclic) bond motifs is 1. The number of anilines is 1. The number of nitrogens with zero attached hydrogens (tertiary/aromatic N) is 6. The molecule has 1 saturated heterocycles. The average molecular weight is 443 g/mol. The fourth-order valence-electron chi connectivity index (χ4n) is 4.01. The molecule has 0 N–H and O–H groups in total. The summed E-state index contributed by atoms with van der Waals surface area (Å²) in [6.07, 6.45) is 2.78. The van der Waals surface area contributed by atoms with Gasteiger partial charge in [0, 0.05) is 49.4 Å². The first-order chi connectivity index (χ1) is 15.0. The van der Waals surface area contributed by atoms with Crippen molar-refractivity contribution in [2.45, 2.75) is 33.1 Å². The van der Waals surface area contributed by atoms with Gasteiger partial charge in [-0.2, -0.15) is 4.98 Å². The first-order valence-corrected chi connectivity index (χ1v) is 11.0. The Morgan fingerprint density at radius 3 is 2.58 bits per heavy atom. The number of rotatable bonds is 6. The number of carbonyl (C=O) groups excluding carboxylic acids is 1. The number of halogens is 1. The first kappa shape index (κ1) is 21.4. The van der Waals surface area contributed by atoms with Crippen molar-refractivity contribution in [2.75, 3.05) is 38.2 Å². The van der Waals surface area contributed by atoms with E-state index in [1.807, 2.05) is 4.90 Å². The second-order valence-electron chi connectivity index (χ2n) is 7.58. The van der Waals surface area contributed by atoms with Crippen LogP contribution in [0.25, 0.3) is 5.78 Å². The molecule has 4 rings (SSSR count). The SMILES string of the molecule is CCCc1cc(N2CCN(C(=O)c3cc(Cl)ccc3OC)CC2)nc2nnc(CC)n12. The van der Waals surface area contributed by atoms with Gasteiger partial charge in [-0.25, -0.2) is 0 Å². The van der Waals surface area contributed by atoms with Gasteiger partial charge in [-0.05, 0) is 24.6 Å². The molecule has 1 aliphatic heterocycles. The molecule has 0 spiro atoms. The monoisotopic (exact) mass is 442 g/mol. The van der Waals surface area contributed by atoms with Crippen LogP contribution >= 0.6 is 11.6 Å². The van der Waals surface area contributed by atoms with E-state index in [0.29, 0.717) is 48.3 Å². The van der Waals surface area contributed by atoms with Crippen LogP contribution in [0.2, 0.25) is 5.02 Å². The predicted octanol–water partition coefficient (Wildman–Crippen LogP) is 3.26. The summed E-state index contributed by atoms with van der Waals surface area (Å²) in [5.41, 5.74) is 1.66. The minimum absolute atomic E-state index is 0.0703. The van der Waals surface area contributed by atoms with E-state index in [9.17, 15) is 4.79 Å². The number of amides is 1. The third-order valence-corrected chi connectivity index (χ3v) is 5.85. The first-order valence-electron chi connectivity index (χ1n) is 10.7. The lowest BCUT2D eigenvalue weighted by atomic mass is 10.1. The number of methoxy groups -OCH3 is 1. The van der Waals surface area contributed by atoms with Gasteiger partial charge in [-0.15, -0.1) is 10.2 Å². The molecular weight excluding hydrogens is 416 g/mol. The van der Waals surface area contributed by atoms with E-state index in [1.165, 1.54) is 5.69 Å². The van der Waals surface area contributed by atoms with Crippen LogP contribution in [0.15, 0.2) is 24.3 Å². The third kappa shape index (κ3) is 4.17. The van der Waals surface area contributed by atoms with E-state index in [2.05, 4.69) is 39.4 Å². The molecule has 3 aromatic rings. The summed E-state index contributed by atoms with van der Waals surface area (Å²) in [5, 5.41) is 9.09. The van der Waals surface area contributed by atoms with Gasteiger partial charge in [0.25, 0.3) is 11.7 Å². The van der Waals surface area contributed by atoms with Crippen molar-refractivity contribution in [3.63, 3.8) is 0 Å². The van der Waals surface area contributed by atoms with E-state index in [-0.39, 0.29) is 5.91 Å². The van der Waals surface area contributed by atoms with E-state index in [0.717, 1.165) is 30.9 Å². The fourth-order valence-corrected chi connectivity index (χ4v) is 4.18. The maximum Gasteiger partial charge on any atom is 0.257 e. The summed E-state index contributed by atoms with van der Waals surface area (Å²) < 4.78 is 7.42. The molecule has 8 nitrogen and oxygen atoms in total. The molecule has 0 saturated carbocycles. The van der Waals surface area contributed by atoms with Gasteiger partial charge in [0.15, 0.2) is 0 Å². The van der Waals surface area contributed by atoms with Crippen LogP contribution in [0.4, 0.5) is 5.82 Å². The fraction of sp³-hybridized carbons (Fsp3) is 0.455. The molecule has 164 valence electrons. The lowest BCUT2D eigenvalue weighted by molar-refractivity contribution is 0.0743. The number of aromatic nitrogens is 4. The Labute approximate surface area is 186 Å². The zero-order valence-electron chi connectivity index (χ0n) is 18.1. The zero-order valence-corrected chi connectivity index (χ0v) is 18.9. The van der Waals surface area contributed by atoms with Crippen LogP contribution in [0.5, 0.6) is 5.75 Å². The van der Waals surface area contributed by atoms with E-state index in [1.54, 1.807) is 25.3 Å². The Hall–Kier alpha value is -2.87. The van der Waals surface area contributed by atoms with Gasteiger partial charge < -0.3 is 14.5 Å². The molecule has 2 aromatic heterocycles. The Morgan fingerprint density at radius 2 is 1.90 bits per heavy atom. The Balaban J connectivity index is 1.53. The highest BCUT2D eigenvalue weighted by atomic mass is 35.5. The van der Waals surface area contributed by atoms with Crippen molar-refractivity contribution >= 4 is 29.1 Å². The Kier molecular flexibility index (Phi) is 6.27. The van der Waals surface area contributed by atoms with E-state index in [4.69, 9.17) is 21.3 Å². The topological polar surface area (TPSA) is 75.9 Å². The van der Waals surface area contributed by atoms with Crippen LogP contribution in [-0.2, 0) is 12.8 Å². The number of hydrogen-bond donors (Lipinski definition) is 0. The molecule has 3 heterocycles. The largest absolute Gasteiger partial charge is 0.496 e. The normalized spacial score (nSPS) is 14.3. The van der Waals surface area contributed by atoms with Crippen molar-refractivity contribution in [2.24, 2.45) is 0 Å². The second-order valence-corrected chi connectivity index (χ2v) is 8.02. The highest BCUT2D eigenvalue weighted by Crippen LogP contribution is 2.25. The van der Waals surface area contributed by atoms with E-state index >= 15 is 0 Å². The minimum Gasteiger partial charge on any atom is -0.496 e. The second kappa shape index (κ2) is 9.09. The van der Waals surface area contributed by atoms with Crippen LogP contribution in [0.1, 0.15) is 42.1 Å². The number of hydrogen-bond acceptors (Lipinski definition) is 6. The van der Waals surface area contributed by atoms with Crippen molar-refractivity contribution < 1.29 is 9.53 Å². The third-order valence-electron chi connectivity index (χ3n) is 5.62. The molecule has 0 atom stereocenters. The molecule has 1 aliphatic rings. The van der Waals surface area contributed by atoms with Crippen LogP contribution in [-0.4, -0.2) is 63.7 Å². The Bertz CT molecular complexity index is 1090. The molecule has 1 fully saturated rings.